The lowest BCUT2D eigenvalue weighted by Gasteiger charge is -2.38. The fourth-order valence-corrected chi connectivity index (χ4v) is 2.80. The monoisotopic (exact) mass is 293 g/mol. The molecule has 2 rings (SSSR count). The normalized spacial score (nSPS) is 22.0. The summed E-state index contributed by atoms with van der Waals surface area (Å²) in [5.41, 5.74) is 7.42. The molecule has 1 fully saturated rings. The van der Waals surface area contributed by atoms with Crippen molar-refractivity contribution in [2.45, 2.75) is 19.0 Å². The van der Waals surface area contributed by atoms with E-state index in [1.54, 1.807) is 14.2 Å². The molecule has 0 bridgehead atoms. The molecular weight excluding hydrogens is 266 g/mol. The van der Waals surface area contributed by atoms with Crippen LogP contribution in [0, 0.1) is 0 Å². The molecule has 1 aliphatic heterocycles. The van der Waals surface area contributed by atoms with Gasteiger partial charge in [-0.3, -0.25) is 4.90 Å². The minimum atomic E-state index is -0.0781. The van der Waals surface area contributed by atoms with Gasteiger partial charge in [-0.25, -0.2) is 0 Å². The van der Waals surface area contributed by atoms with Crippen molar-refractivity contribution < 1.29 is 9.47 Å². The van der Waals surface area contributed by atoms with Crippen molar-refractivity contribution in [1.29, 1.82) is 0 Å². The largest absolute Gasteiger partial charge is 0.497 e. The van der Waals surface area contributed by atoms with Gasteiger partial charge in [-0.05, 0) is 32.2 Å². The van der Waals surface area contributed by atoms with Gasteiger partial charge in [0, 0.05) is 43.8 Å². The lowest BCUT2D eigenvalue weighted by Crippen LogP contribution is -2.51. The summed E-state index contributed by atoms with van der Waals surface area (Å²) in [7, 11) is 5.52. The Morgan fingerprint density at radius 3 is 2.67 bits per heavy atom. The molecule has 5 heteroatoms. The van der Waals surface area contributed by atoms with E-state index in [1.165, 1.54) is 0 Å². The smallest absolute Gasteiger partial charge is 0.123 e. The van der Waals surface area contributed by atoms with E-state index in [0.717, 1.165) is 43.2 Å². The maximum absolute atomic E-state index is 6.42. The zero-order chi connectivity index (χ0) is 15.4. The van der Waals surface area contributed by atoms with Crippen molar-refractivity contribution in [3.05, 3.63) is 23.8 Å². The number of nitrogens with two attached hydrogens (primary N) is 1. The average Bonchev–Trinajstić information content (AvgIpc) is 2.50. The summed E-state index contributed by atoms with van der Waals surface area (Å²) in [6.07, 6.45) is 0. The first kappa shape index (κ1) is 16.1. The Kier molecular flexibility index (Phi) is 5.45. The van der Waals surface area contributed by atoms with Gasteiger partial charge in [0.05, 0.1) is 14.2 Å². The van der Waals surface area contributed by atoms with Crippen LogP contribution in [0.25, 0.3) is 0 Å². The molecule has 2 unspecified atom stereocenters. The standard InChI is InChI=1S/C16H27N3O2/c1-12-10-19(8-7-18(12)2)11-15(17)14-9-13(20-3)5-6-16(14)21-4/h5-6,9,12,15H,7-8,10-11,17H2,1-4H3. The van der Waals surface area contributed by atoms with Gasteiger partial charge in [-0.2, -0.15) is 0 Å². The maximum Gasteiger partial charge on any atom is 0.123 e. The summed E-state index contributed by atoms with van der Waals surface area (Å²) in [4.78, 5) is 4.81. The van der Waals surface area contributed by atoms with E-state index in [9.17, 15) is 0 Å². The summed E-state index contributed by atoms with van der Waals surface area (Å²) in [5.74, 6) is 1.64. The van der Waals surface area contributed by atoms with Crippen LogP contribution in [0.4, 0.5) is 0 Å². The maximum atomic E-state index is 6.42. The van der Waals surface area contributed by atoms with Gasteiger partial charge >= 0.3 is 0 Å². The molecule has 1 heterocycles. The van der Waals surface area contributed by atoms with Crippen molar-refractivity contribution in [3.63, 3.8) is 0 Å². The number of rotatable bonds is 5. The first-order valence-corrected chi connectivity index (χ1v) is 7.45. The molecule has 118 valence electrons. The number of hydrogen-bond donors (Lipinski definition) is 1. The number of benzene rings is 1. The number of nitrogens with zero attached hydrogens (tertiary/aromatic N) is 2. The second kappa shape index (κ2) is 7.11. The van der Waals surface area contributed by atoms with E-state index in [1.807, 2.05) is 18.2 Å². The Hall–Kier alpha value is -1.30. The summed E-state index contributed by atoms with van der Waals surface area (Å²) in [5, 5.41) is 0. The van der Waals surface area contributed by atoms with Gasteiger partial charge in [0.25, 0.3) is 0 Å². The molecule has 0 radical (unpaired) electrons. The molecule has 0 spiro atoms. The van der Waals surface area contributed by atoms with E-state index in [4.69, 9.17) is 15.2 Å². The van der Waals surface area contributed by atoms with Crippen LogP contribution in [0.5, 0.6) is 11.5 Å². The van der Waals surface area contributed by atoms with Crippen LogP contribution in [0.1, 0.15) is 18.5 Å². The van der Waals surface area contributed by atoms with Gasteiger partial charge < -0.3 is 20.1 Å². The highest BCUT2D eigenvalue weighted by atomic mass is 16.5. The third kappa shape index (κ3) is 3.87. The van der Waals surface area contributed by atoms with Gasteiger partial charge in [-0.1, -0.05) is 0 Å². The second-order valence-corrected chi connectivity index (χ2v) is 5.80. The van der Waals surface area contributed by atoms with Crippen LogP contribution in [-0.4, -0.2) is 63.3 Å². The van der Waals surface area contributed by atoms with Gasteiger partial charge in [-0.15, -0.1) is 0 Å². The van der Waals surface area contributed by atoms with Crippen molar-refractivity contribution in [2.75, 3.05) is 47.4 Å². The molecule has 0 aromatic heterocycles. The highest BCUT2D eigenvalue weighted by molar-refractivity contribution is 5.42. The van der Waals surface area contributed by atoms with Crippen LogP contribution in [0.15, 0.2) is 18.2 Å². The average molecular weight is 293 g/mol. The molecule has 0 aliphatic carbocycles. The lowest BCUT2D eigenvalue weighted by molar-refractivity contribution is 0.100. The Balaban J connectivity index is 2.07. The quantitative estimate of drug-likeness (QED) is 0.888. The fraction of sp³-hybridized carbons (Fsp3) is 0.625. The van der Waals surface area contributed by atoms with Gasteiger partial charge in [0.1, 0.15) is 11.5 Å². The summed E-state index contributed by atoms with van der Waals surface area (Å²) < 4.78 is 10.7. The zero-order valence-corrected chi connectivity index (χ0v) is 13.5. The molecule has 1 aromatic rings. The van der Waals surface area contributed by atoms with Crippen molar-refractivity contribution >= 4 is 0 Å². The first-order chi connectivity index (χ1) is 10.0. The molecule has 1 aromatic carbocycles. The van der Waals surface area contributed by atoms with Crippen molar-refractivity contribution in [2.24, 2.45) is 5.73 Å². The molecule has 1 aliphatic rings. The van der Waals surface area contributed by atoms with E-state index in [0.29, 0.717) is 6.04 Å². The second-order valence-electron chi connectivity index (χ2n) is 5.80. The zero-order valence-electron chi connectivity index (χ0n) is 13.5. The topological polar surface area (TPSA) is 51.0 Å². The number of piperazine rings is 1. The minimum Gasteiger partial charge on any atom is -0.497 e. The predicted molar refractivity (Wildman–Crippen MR) is 85.0 cm³/mol. The third-order valence-electron chi connectivity index (χ3n) is 4.34. The van der Waals surface area contributed by atoms with E-state index >= 15 is 0 Å². The molecule has 2 atom stereocenters. The van der Waals surface area contributed by atoms with Gasteiger partial charge in [0.15, 0.2) is 0 Å². The molecule has 21 heavy (non-hydrogen) atoms. The lowest BCUT2D eigenvalue weighted by atomic mass is 10.0. The predicted octanol–water partition coefficient (Wildman–Crippen LogP) is 1.34. The number of methoxy groups -OCH3 is 2. The summed E-state index contributed by atoms with van der Waals surface area (Å²) >= 11 is 0. The highest BCUT2D eigenvalue weighted by Gasteiger charge is 2.23. The summed E-state index contributed by atoms with van der Waals surface area (Å²) in [6.45, 7) is 6.28. The Morgan fingerprint density at radius 1 is 1.29 bits per heavy atom. The molecule has 0 saturated carbocycles. The van der Waals surface area contributed by atoms with Crippen LogP contribution in [0.2, 0.25) is 0 Å². The Labute approximate surface area is 127 Å². The van der Waals surface area contributed by atoms with Gasteiger partial charge in [0.2, 0.25) is 0 Å². The Morgan fingerprint density at radius 2 is 2.05 bits per heavy atom. The molecular formula is C16H27N3O2. The van der Waals surface area contributed by atoms with E-state index in [2.05, 4.69) is 23.8 Å². The molecule has 0 amide bonds. The van der Waals surface area contributed by atoms with Crippen molar-refractivity contribution in [1.82, 2.24) is 9.80 Å². The summed E-state index contributed by atoms with van der Waals surface area (Å²) in [6, 6.07) is 6.28. The first-order valence-electron chi connectivity index (χ1n) is 7.45. The number of likely N-dealkylation sites (N-methyl/N-ethyl adjacent to an activating group) is 1. The van der Waals surface area contributed by atoms with E-state index in [-0.39, 0.29) is 6.04 Å². The van der Waals surface area contributed by atoms with Crippen LogP contribution in [0.3, 0.4) is 0 Å². The molecule has 5 nitrogen and oxygen atoms in total. The molecule has 1 saturated heterocycles. The van der Waals surface area contributed by atoms with E-state index < -0.39 is 0 Å². The van der Waals surface area contributed by atoms with Crippen LogP contribution in [-0.2, 0) is 0 Å². The number of ether oxygens (including phenoxy) is 2. The Bertz CT molecular complexity index is 467. The SMILES string of the molecule is COc1ccc(OC)c(C(N)CN2CCN(C)C(C)C2)c1. The highest BCUT2D eigenvalue weighted by Crippen LogP contribution is 2.29. The fourth-order valence-electron chi connectivity index (χ4n) is 2.80. The number of hydrogen-bond acceptors (Lipinski definition) is 5. The van der Waals surface area contributed by atoms with Crippen LogP contribution < -0.4 is 15.2 Å². The van der Waals surface area contributed by atoms with Crippen molar-refractivity contribution in [3.8, 4) is 11.5 Å². The third-order valence-corrected chi connectivity index (χ3v) is 4.34. The minimum absolute atomic E-state index is 0.0781. The molecule has 2 N–H and O–H groups in total. The van der Waals surface area contributed by atoms with Crippen LogP contribution >= 0.6 is 0 Å².